The van der Waals surface area contributed by atoms with Gasteiger partial charge in [0, 0.05) is 29.0 Å². The minimum Gasteiger partial charge on any atom is -0.358 e. The minimum atomic E-state index is 0.769. The predicted molar refractivity (Wildman–Crippen MR) is 144 cm³/mol. The zero-order valence-corrected chi connectivity index (χ0v) is 21.2. The fraction of sp³-hybridized carbons (Fsp3) is 0.310. The van der Waals surface area contributed by atoms with E-state index in [0.717, 1.165) is 23.6 Å². The Morgan fingerprint density at radius 1 is 0.938 bits per heavy atom. The monoisotopic (exact) mass is 431 g/mol. The summed E-state index contributed by atoms with van der Waals surface area (Å²) < 4.78 is 0. The number of nitrogens with one attached hydrogen (secondary N) is 3. The van der Waals surface area contributed by atoms with Crippen LogP contribution < -0.4 is 10.6 Å². The third-order valence-electron chi connectivity index (χ3n) is 4.74. The van der Waals surface area contributed by atoms with Crippen LogP contribution in [0.15, 0.2) is 84.4 Å². The quantitative estimate of drug-likeness (QED) is 0.329. The van der Waals surface area contributed by atoms with Gasteiger partial charge in [0.25, 0.3) is 0 Å². The fourth-order valence-electron chi connectivity index (χ4n) is 3.31. The molecule has 0 bridgehead atoms. The molecule has 2 aromatic carbocycles. The first-order valence-electron chi connectivity index (χ1n) is 11.6. The highest BCUT2D eigenvalue weighted by molar-refractivity contribution is 5.80. The fourth-order valence-corrected chi connectivity index (χ4v) is 3.31. The van der Waals surface area contributed by atoms with E-state index in [1.54, 1.807) is 0 Å². The Morgan fingerprint density at radius 3 is 2.19 bits per heavy atom. The topological polar surface area (TPSA) is 39.9 Å². The molecule has 172 valence electrons. The number of aryl methyl sites for hydroxylation is 2. The van der Waals surface area contributed by atoms with Gasteiger partial charge in [0.15, 0.2) is 0 Å². The maximum absolute atomic E-state index is 4.10. The number of hydrogen-bond donors (Lipinski definition) is 3. The smallest absolute Gasteiger partial charge is 0.0999 e. The Morgan fingerprint density at radius 2 is 1.56 bits per heavy atom. The van der Waals surface area contributed by atoms with Crippen LogP contribution in [0.5, 0.6) is 0 Å². The number of rotatable bonds is 7. The zero-order valence-electron chi connectivity index (χ0n) is 21.2. The first kappa shape index (κ1) is 26.8. The number of para-hydroxylation sites is 1. The summed E-state index contributed by atoms with van der Waals surface area (Å²) in [6.07, 6.45) is 5.21. The number of H-pyrrole nitrogens is 1. The first-order valence-corrected chi connectivity index (χ1v) is 11.6. The van der Waals surface area contributed by atoms with Crippen LogP contribution in [0.1, 0.15) is 58.4 Å². The average molecular weight is 432 g/mol. The molecule has 0 amide bonds. The lowest BCUT2D eigenvalue weighted by Gasteiger charge is -2.15. The molecule has 0 unspecified atom stereocenters. The predicted octanol–water partition coefficient (Wildman–Crippen LogP) is 8.40. The molecule has 0 aliphatic rings. The van der Waals surface area contributed by atoms with E-state index in [4.69, 9.17) is 0 Å². The van der Waals surface area contributed by atoms with Gasteiger partial charge in [-0.1, -0.05) is 70.7 Å². The third-order valence-corrected chi connectivity index (χ3v) is 4.74. The summed E-state index contributed by atoms with van der Waals surface area (Å²) in [4.78, 5) is 3.46. The molecule has 3 aromatic rings. The largest absolute Gasteiger partial charge is 0.358 e. The Balaban J connectivity index is 0.00000121. The van der Waals surface area contributed by atoms with Gasteiger partial charge in [-0.2, -0.15) is 0 Å². The maximum Gasteiger partial charge on any atom is 0.0999 e. The van der Waals surface area contributed by atoms with Gasteiger partial charge in [-0.25, -0.2) is 0 Å². The molecule has 32 heavy (non-hydrogen) atoms. The van der Waals surface area contributed by atoms with Gasteiger partial charge in [-0.15, -0.1) is 0 Å². The van der Waals surface area contributed by atoms with E-state index in [0.29, 0.717) is 0 Å². The van der Waals surface area contributed by atoms with Crippen molar-refractivity contribution in [3.8, 4) is 0 Å². The van der Waals surface area contributed by atoms with Gasteiger partial charge in [-0.05, 0) is 74.0 Å². The van der Waals surface area contributed by atoms with Gasteiger partial charge in [0.2, 0.25) is 0 Å². The molecule has 0 radical (unpaired) electrons. The van der Waals surface area contributed by atoms with Crippen LogP contribution in [0.25, 0.3) is 10.9 Å². The van der Waals surface area contributed by atoms with Crippen molar-refractivity contribution in [3.63, 3.8) is 0 Å². The molecule has 0 fully saturated rings. The molecule has 3 rings (SSSR count). The van der Waals surface area contributed by atoms with E-state index < -0.39 is 0 Å². The van der Waals surface area contributed by atoms with Gasteiger partial charge in [0.05, 0.1) is 5.82 Å². The molecular weight excluding hydrogens is 390 g/mol. The Bertz CT molecular complexity index is 998. The Hall–Kier alpha value is -3.20. The molecule has 0 atom stereocenters. The number of hydrogen-bond acceptors (Lipinski definition) is 2. The molecule has 0 aliphatic heterocycles. The number of aromatic amines is 1. The van der Waals surface area contributed by atoms with Crippen molar-refractivity contribution in [2.75, 3.05) is 5.32 Å². The van der Waals surface area contributed by atoms with E-state index in [1.807, 2.05) is 27.7 Å². The SMILES string of the molecule is C=C(N/C(C)=C(C)/C=C\Cc1cc2ccccc2[nH]1)Nc1cc(C)cc(C)c1.CC.CC. The highest BCUT2D eigenvalue weighted by Gasteiger charge is 2.01. The van der Waals surface area contributed by atoms with Crippen molar-refractivity contribution in [2.45, 2.75) is 61.8 Å². The van der Waals surface area contributed by atoms with E-state index in [-0.39, 0.29) is 0 Å². The van der Waals surface area contributed by atoms with Gasteiger partial charge in [0.1, 0.15) is 0 Å². The van der Waals surface area contributed by atoms with E-state index >= 15 is 0 Å². The molecule has 3 nitrogen and oxygen atoms in total. The number of allylic oxidation sites excluding steroid dienone is 4. The highest BCUT2D eigenvalue weighted by Crippen LogP contribution is 2.17. The molecule has 3 N–H and O–H groups in total. The van der Waals surface area contributed by atoms with Gasteiger partial charge >= 0.3 is 0 Å². The molecular formula is C29H41N3. The molecule has 1 aromatic heterocycles. The summed E-state index contributed by atoms with van der Waals surface area (Å²) in [7, 11) is 0. The molecule has 0 aliphatic carbocycles. The summed E-state index contributed by atoms with van der Waals surface area (Å²) in [6.45, 7) is 20.5. The van der Waals surface area contributed by atoms with Crippen LogP contribution in [0.4, 0.5) is 5.69 Å². The van der Waals surface area contributed by atoms with Gasteiger partial charge < -0.3 is 15.6 Å². The van der Waals surface area contributed by atoms with Crippen LogP contribution in [0.3, 0.4) is 0 Å². The summed E-state index contributed by atoms with van der Waals surface area (Å²) in [6, 6.07) is 17.0. The molecule has 3 heteroatoms. The van der Waals surface area contributed by atoms with Crippen molar-refractivity contribution >= 4 is 16.6 Å². The lowest BCUT2D eigenvalue weighted by Crippen LogP contribution is -2.17. The number of aromatic nitrogens is 1. The molecule has 0 saturated carbocycles. The first-order chi connectivity index (χ1) is 15.4. The standard InChI is InChI=1S/C25H29N3.2C2H6/c1-17-13-18(2)15-24(14-17)27-21(5)26-20(4)19(3)9-8-11-23-16-22-10-6-7-12-25(22)28-23;2*1-2/h6-10,12-16,26-28H,5,11H2,1-4H3;2*1-2H3/b9-8-,20-19+;;. The molecule has 0 spiro atoms. The Labute approximate surface area is 195 Å². The summed E-state index contributed by atoms with van der Waals surface area (Å²) >= 11 is 0. The Kier molecular flexibility index (Phi) is 11.7. The number of benzene rings is 2. The lowest BCUT2D eigenvalue weighted by molar-refractivity contribution is 0.960. The van der Waals surface area contributed by atoms with Crippen molar-refractivity contribution < 1.29 is 0 Å². The van der Waals surface area contributed by atoms with E-state index in [9.17, 15) is 0 Å². The summed E-state index contributed by atoms with van der Waals surface area (Å²) in [5.74, 6) is 0.769. The number of fused-ring (bicyclic) bond motifs is 1. The average Bonchev–Trinajstić information content (AvgIpc) is 3.18. The maximum atomic E-state index is 4.10. The van der Waals surface area contributed by atoms with Crippen LogP contribution in [-0.4, -0.2) is 4.98 Å². The van der Waals surface area contributed by atoms with Crippen LogP contribution in [-0.2, 0) is 6.42 Å². The highest BCUT2D eigenvalue weighted by atomic mass is 15.1. The van der Waals surface area contributed by atoms with Crippen LogP contribution >= 0.6 is 0 Å². The summed E-state index contributed by atoms with van der Waals surface area (Å²) in [5, 5.41) is 7.94. The summed E-state index contributed by atoms with van der Waals surface area (Å²) in [5.41, 5.74) is 8.18. The minimum absolute atomic E-state index is 0.769. The zero-order chi connectivity index (χ0) is 24.1. The van der Waals surface area contributed by atoms with Crippen LogP contribution in [0.2, 0.25) is 0 Å². The van der Waals surface area contributed by atoms with Crippen molar-refractivity contribution in [3.05, 3.63) is 101 Å². The third kappa shape index (κ3) is 8.50. The van der Waals surface area contributed by atoms with Crippen molar-refractivity contribution in [1.82, 2.24) is 10.3 Å². The number of anilines is 1. The van der Waals surface area contributed by atoms with Gasteiger partial charge in [-0.3, -0.25) is 0 Å². The normalized spacial score (nSPS) is 11.1. The lowest BCUT2D eigenvalue weighted by atomic mass is 10.1. The van der Waals surface area contributed by atoms with E-state index in [2.05, 4.69) is 111 Å². The second-order valence-corrected chi connectivity index (χ2v) is 7.40. The van der Waals surface area contributed by atoms with Crippen LogP contribution in [0, 0.1) is 13.8 Å². The second kappa shape index (κ2) is 14.0. The van der Waals surface area contributed by atoms with E-state index in [1.165, 1.54) is 33.3 Å². The second-order valence-electron chi connectivity index (χ2n) is 7.40. The van der Waals surface area contributed by atoms with Crippen molar-refractivity contribution in [1.29, 1.82) is 0 Å². The van der Waals surface area contributed by atoms with Crippen molar-refractivity contribution in [2.24, 2.45) is 0 Å². The molecule has 0 saturated heterocycles. The molecule has 1 heterocycles.